The second-order valence-corrected chi connectivity index (χ2v) is 4.23. The van der Waals surface area contributed by atoms with E-state index in [4.69, 9.17) is 0 Å². The number of ketones is 5. The van der Waals surface area contributed by atoms with E-state index in [2.05, 4.69) is 0 Å². The van der Waals surface area contributed by atoms with Crippen molar-refractivity contribution < 1.29 is 68.1 Å². The molecule has 0 heterocycles. The van der Waals surface area contributed by atoms with Crippen molar-refractivity contribution >= 4 is 28.9 Å². The molecule has 0 N–H and O–H groups in total. The fraction of sp³-hybridized carbons (Fsp3) is 0.667. The monoisotopic (exact) mass is 416 g/mol. The van der Waals surface area contributed by atoms with Crippen molar-refractivity contribution in [3.63, 3.8) is 0 Å². The van der Waals surface area contributed by atoms with Gasteiger partial charge in [-0.05, 0) is 34.6 Å². The second-order valence-electron chi connectivity index (χ2n) is 4.23. The molecule has 0 aromatic carbocycles. The number of rotatable bonds is 5. The SMILES string of the molecule is CC(=O)C[O-].CC(=O)C[O-].CC(=O)C[O-].CC(=O)C[O-].CC(=O)C[O-].[V]. The number of Topliss-reactive ketones (excluding diaryl/α,β-unsaturated/α-hetero) is 5. The first kappa shape index (κ1) is 39.7. The molecule has 0 amide bonds. The van der Waals surface area contributed by atoms with Gasteiger partial charge in [0.2, 0.25) is 0 Å². The van der Waals surface area contributed by atoms with Crippen molar-refractivity contribution in [3.8, 4) is 0 Å². The first-order valence-corrected chi connectivity index (χ1v) is 6.73. The van der Waals surface area contributed by atoms with Gasteiger partial charge in [0.25, 0.3) is 0 Å². The van der Waals surface area contributed by atoms with Crippen molar-refractivity contribution in [3.05, 3.63) is 0 Å². The van der Waals surface area contributed by atoms with Gasteiger partial charge in [0.15, 0.2) is 0 Å². The van der Waals surface area contributed by atoms with Crippen LogP contribution in [0.1, 0.15) is 34.6 Å². The van der Waals surface area contributed by atoms with E-state index in [1.54, 1.807) is 0 Å². The molecule has 11 heteroatoms. The Morgan fingerprint density at radius 1 is 0.423 bits per heavy atom. The molecule has 0 aliphatic rings. The van der Waals surface area contributed by atoms with E-state index >= 15 is 0 Å². The molecular formula is C15H25O10V-5. The van der Waals surface area contributed by atoms with Gasteiger partial charge in [-0.25, -0.2) is 0 Å². The van der Waals surface area contributed by atoms with Crippen LogP contribution in [0.5, 0.6) is 0 Å². The van der Waals surface area contributed by atoms with Crippen LogP contribution < -0.4 is 25.5 Å². The third-order valence-corrected chi connectivity index (χ3v) is 1.02. The zero-order valence-corrected chi connectivity index (χ0v) is 17.0. The van der Waals surface area contributed by atoms with Gasteiger partial charge in [-0.1, -0.05) is 33.0 Å². The number of hydrogen-bond donors (Lipinski definition) is 0. The van der Waals surface area contributed by atoms with E-state index in [0.29, 0.717) is 0 Å². The van der Waals surface area contributed by atoms with Gasteiger partial charge in [-0.2, -0.15) is 0 Å². The van der Waals surface area contributed by atoms with Gasteiger partial charge in [0, 0.05) is 18.6 Å². The van der Waals surface area contributed by atoms with Crippen LogP contribution in [0, 0.1) is 0 Å². The molecule has 0 rings (SSSR count). The molecule has 0 saturated heterocycles. The molecule has 0 fully saturated rings. The summed E-state index contributed by atoms with van der Waals surface area (Å²) in [6.45, 7) is 3.44. The maximum Gasteiger partial charge on any atom is 0.113 e. The second kappa shape index (κ2) is 35.0. The average molecular weight is 416 g/mol. The Balaban J connectivity index is -0.0000000476. The fourth-order valence-corrected chi connectivity index (χ4v) is 0. The quantitative estimate of drug-likeness (QED) is 0.416. The minimum atomic E-state index is -0.583. The molecule has 0 aromatic heterocycles. The van der Waals surface area contributed by atoms with Crippen LogP contribution in [0.3, 0.4) is 0 Å². The van der Waals surface area contributed by atoms with Crippen molar-refractivity contribution in [2.45, 2.75) is 34.6 Å². The molecule has 0 spiro atoms. The third kappa shape index (κ3) is 141. The largest absolute Gasteiger partial charge is 0.849 e. The van der Waals surface area contributed by atoms with Crippen LogP contribution in [0.25, 0.3) is 0 Å². The molecule has 26 heavy (non-hydrogen) atoms. The molecule has 0 bridgehead atoms. The normalized spacial score (nSPS) is 7.31. The summed E-state index contributed by atoms with van der Waals surface area (Å²) in [6, 6.07) is 0. The summed E-state index contributed by atoms with van der Waals surface area (Å²) in [5.74, 6) is -1.50. The molecule has 0 aromatic rings. The van der Waals surface area contributed by atoms with Crippen LogP contribution in [0.2, 0.25) is 0 Å². The van der Waals surface area contributed by atoms with Gasteiger partial charge >= 0.3 is 0 Å². The first-order chi connectivity index (χ1) is 11.4. The zero-order valence-electron chi connectivity index (χ0n) is 15.6. The van der Waals surface area contributed by atoms with Crippen molar-refractivity contribution in [2.24, 2.45) is 0 Å². The Labute approximate surface area is 165 Å². The molecule has 0 unspecified atom stereocenters. The van der Waals surface area contributed by atoms with E-state index < -0.39 is 33.0 Å². The maximum absolute atomic E-state index is 9.50. The predicted molar refractivity (Wildman–Crippen MR) is 77.7 cm³/mol. The van der Waals surface area contributed by atoms with Gasteiger partial charge in [0.1, 0.15) is 28.9 Å². The van der Waals surface area contributed by atoms with Gasteiger partial charge in [-0.15, -0.1) is 0 Å². The van der Waals surface area contributed by atoms with Crippen LogP contribution >= 0.6 is 0 Å². The van der Waals surface area contributed by atoms with Crippen molar-refractivity contribution in [1.82, 2.24) is 0 Å². The first-order valence-electron chi connectivity index (χ1n) is 6.73. The van der Waals surface area contributed by atoms with Gasteiger partial charge in [0.05, 0.1) is 0 Å². The molecule has 0 saturated carbocycles. The summed E-state index contributed by atoms with van der Waals surface area (Å²) >= 11 is 0. The van der Waals surface area contributed by atoms with Crippen LogP contribution in [0.4, 0.5) is 0 Å². The van der Waals surface area contributed by atoms with E-state index in [9.17, 15) is 49.5 Å². The minimum absolute atomic E-state index is 0. The van der Waals surface area contributed by atoms with Gasteiger partial charge < -0.3 is 49.5 Å². The topological polar surface area (TPSA) is 201 Å². The van der Waals surface area contributed by atoms with Crippen molar-refractivity contribution in [2.75, 3.05) is 33.0 Å². The Morgan fingerprint density at radius 3 is 0.462 bits per heavy atom. The predicted octanol–water partition coefficient (Wildman–Crippen LogP) is -5.32. The van der Waals surface area contributed by atoms with Crippen LogP contribution in [-0.2, 0) is 42.5 Å². The molecule has 0 atom stereocenters. The molecule has 10 nitrogen and oxygen atoms in total. The van der Waals surface area contributed by atoms with Gasteiger partial charge in [-0.3, -0.25) is 0 Å². The average Bonchev–Trinajstić information content (AvgIpc) is 2.56. The van der Waals surface area contributed by atoms with E-state index in [1.807, 2.05) is 0 Å². The molecular weight excluding hydrogens is 391 g/mol. The number of hydrogen-bond acceptors (Lipinski definition) is 10. The summed E-state index contributed by atoms with van der Waals surface area (Å²) in [7, 11) is 0. The summed E-state index contributed by atoms with van der Waals surface area (Å²) in [5.41, 5.74) is 0. The number of carbonyl (C=O) groups excluding carboxylic acids is 5. The molecule has 0 aliphatic carbocycles. The zero-order chi connectivity index (χ0) is 21.4. The standard InChI is InChI=1S/5C3H5O2.V/c5*1-3(5)2-4;/h5*2H2,1H3;/q5*-1;. The van der Waals surface area contributed by atoms with E-state index in [1.165, 1.54) is 34.6 Å². The third-order valence-electron chi connectivity index (χ3n) is 1.02. The van der Waals surface area contributed by atoms with Crippen LogP contribution in [0.15, 0.2) is 0 Å². The number of carbonyl (C=O) groups is 5. The maximum atomic E-state index is 9.50. The Kier molecular flexibility index (Phi) is 53.4. The Hall–Kier alpha value is -1.27. The molecule has 155 valence electrons. The van der Waals surface area contributed by atoms with Crippen LogP contribution in [-0.4, -0.2) is 62.0 Å². The Morgan fingerprint density at radius 2 is 0.462 bits per heavy atom. The summed E-state index contributed by atoms with van der Waals surface area (Å²) in [4.78, 5) is 47.5. The summed E-state index contributed by atoms with van der Waals surface area (Å²) < 4.78 is 0. The Bertz CT molecular complexity index is 288. The summed E-state index contributed by atoms with van der Waals surface area (Å²) in [6.07, 6.45) is 0. The van der Waals surface area contributed by atoms with E-state index in [-0.39, 0.29) is 47.5 Å². The fourth-order valence-electron chi connectivity index (χ4n) is 0. The van der Waals surface area contributed by atoms with E-state index in [0.717, 1.165) is 0 Å². The summed E-state index contributed by atoms with van der Waals surface area (Å²) in [5, 5.41) is 46.4. The smallest absolute Gasteiger partial charge is 0.113 e. The molecule has 1 radical (unpaired) electrons. The minimum Gasteiger partial charge on any atom is -0.849 e. The molecule has 0 aliphatic heterocycles. The van der Waals surface area contributed by atoms with Crippen molar-refractivity contribution in [1.29, 1.82) is 0 Å².